The molecular formula is C21H33N5S. The molecule has 2 rings (SSSR count). The van der Waals surface area contributed by atoms with Crippen molar-refractivity contribution in [3.8, 4) is 0 Å². The lowest BCUT2D eigenvalue weighted by molar-refractivity contribution is 0.296. The van der Waals surface area contributed by atoms with Crippen LogP contribution in [0.5, 0.6) is 0 Å². The van der Waals surface area contributed by atoms with Gasteiger partial charge in [0.05, 0.1) is 17.2 Å². The van der Waals surface area contributed by atoms with Crippen LogP contribution >= 0.6 is 11.3 Å². The molecule has 1 heterocycles. The number of guanidine groups is 1. The zero-order valence-corrected chi connectivity index (χ0v) is 17.9. The highest BCUT2D eigenvalue weighted by molar-refractivity contribution is 7.09. The molecule has 148 valence electrons. The lowest BCUT2D eigenvalue weighted by Gasteiger charge is -2.18. The predicted octanol–water partition coefficient (Wildman–Crippen LogP) is 3.59. The molecule has 2 N–H and O–H groups in total. The molecule has 0 saturated carbocycles. The highest BCUT2D eigenvalue weighted by Crippen LogP contribution is 2.10. The summed E-state index contributed by atoms with van der Waals surface area (Å²) in [5, 5.41) is 9.98. The standard InChI is InChI=1S/C21H33N5S/c1-5-22-21(23-12-11-20-16-27-17(4)25-20)24-14-18-9-8-10-19(13-18)15-26(6-2)7-3/h8-10,13,16H,5-7,11-12,14-15H2,1-4H3,(H2,22,23,24). The Hall–Kier alpha value is -1.92. The van der Waals surface area contributed by atoms with E-state index in [-0.39, 0.29) is 0 Å². The number of aromatic nitrogens is 1. The molecule has 1 aromatic carbocycles. The Balaban J connectivity index is 1.91. The van der Waals surface area contributed by atoms with E-state index >= 15 is 0 Å². The minimum atomic E-state index is 0.678. The second-order valence-electron chi connectivity index (χ2n) is 6.51. The van der Waals surface area contributed by atoms with E-state index in [9.17, 15) is 0 Å². The van der Waals surface area contributed by atoms with E-state index in [0.29, 0.717) is 6.54 Å². The van der Waals surface area contributed by atoms with Crippen LogP contribution in [0.25, 0.3) is 0 Å². The number of hydrogen-bond acceptors (Lipinski definition) is 4. The third-order valence-corrected chi connectivity index (χ3v) is 5.22. The van der Waals surface area contributed by atoms with E-state index in [0.717, 1.165) is 55.8 Å². The van der Waals surface area contributed by atoms with E-state index in [1.165, 1.54) is 11.1 Å². The third-order valence-electron chi connectivity index (χ3n) is 4.40. The fraction of sp³-hybridized carbons (Fsp3) is 0.524. The summed E-state index contributed by atoms with van der Waals surface area (Å²) in [4.78, 5) is 11.7. The monoisotopic (exact) mass is 387 g/mol. The first-order valence-electron chi connectivity index (χ1n) is 9.87. The van der Waals surface area contributed by atoms with Gasteiger partial charge in [0.15, 0.2) is 5.96 Å². The zero-order chi connectivity index (χ0) is 19.5. The van der Waals surface area contributed by atoms with Gasteiger partial charge in [0.1, 0.15) is 0 Å². The summed E-state index contributed by atoms with van der Waals surface area (Å²) in [7, 11) is 0. The summed E-state index contributed by atoms with van der Waals surface area (Å²) in [5.74, 6) is 0.860. The number of aryl methyl sites for hydroxylation is 1. The van der Waals surface area contributed by atoms with Gasteiger partial charge in [0.25, 0.3) is 0 Å². The second-order valence-corrected chi connectivity index (χ2v) is 7.57. The number of benzene rings is 1. The molecule has 0 unspecified atom stereocenters. The maximum atomic E-state index is 4.74. The summed E-state index contributed by atoms with van der Waals surface area (Å²) in [6.45, 7) is 14.1. The molecule has 0 spiro atoms. The van der Waals surface area contributed by atoms with Gasteiger partial charge in [-0.1, -0.05) is 38.1 Å². The molecule has 0 bridgehead atoms. The van der Waals surface area contributed by atoms with Crippen molar-refractivity contribution in [1.29, 1.82) is 0 Å². The molecule has 27 heavy (non-hydrogen) atoms. The van der Waals surface area contributed by atoms with Crippen molar-refractivity contribution >= 4 is 17.3 Å². The van der Waals surface area contributed by atoms with Gasteiger partial charge in [-0.25, -0.2) is 9.98 Å². The van der Waals surface area contributed by atoms with Gasteiger partial charge in [-0.3, -0.25) is 4.90 Å². The molecule has 1 aromatic heterocycles. The topological polar surface area (TPSA) is 52.6 Å². The normalized spacial score (nSPS) is 11.8. The SMILES string of the molecule is CCNC(=NCc1cccc(CN(CC)CC)c1)NCCc1csc(C)n1. The largest absolute Gasteiger partial charge is 0.357 e. The van der Waals surface area contributed by atoms with Gasteiger partial charge in [0, 0.05) is 31.4 Å². The van der Waals surface area contributed by atoms with Crippen LogP contribution in [0.15, 0.2) is 34.6 Å². The molecule has 5 nitrogen and oxygen atoms in total. The molecule has 2 aromatic rings. The number of hydrogen-bond donors (Lipinski definition) is 2. The first kappa shape index (κ1) is 21.4. The summed E-state index contributed by atoms with van der Waals surface area (Å²) < 4.78 is 0. The number of rotatable bonds is 10. The Bertz CT molecular complexity index is 706. The Labute approximate surface area is 167 Å². The van der Waals surface area contributed by atoms with Gasteiger partial charge < -0.3 is 10.6 Å². The minimum Gasteiger partial charge on any atom is -0.357 e. The summed E-state index contributed by atoms with van der Waals surface area (Å²) in [6.07, 6.45) is 0.911. The molecule has 0 saturated heterocycles. The minimum absolute atomic E-state index is 0.678. The highest BCUT2D eigenvalue weighted by Gasteiger charge is 2.03. The van der Waals surface area contributed by atoms with Gasteiger partial charge >= 0.3 is 0 Å². The lowest BCUT2D eigenvalue weighted by atomic mass is 10.1. The fourth-order valence-electron chi connectivity index (χ4n) is 2.88. The van der Waals surface area contributed by atoms with Gasteiger partial charge in [-0.15, -0.1) is 11.3 Å². The molecule has 0 fully saturated rings. The third kappa shape index (κ3) is 7.69. The molecule has 0 radical (unpaired) electrons. The van der Waals surface area contributed by atoms with Gasteiger partial charge in [-0.2, -0.15) is 0 Å². The smallest absolute Gasteiger partial charge is 0.191 e. The van der Waals surface area contributed by atoms with Crippen LogP contribution in [0.2, 0.25) is 0 Å². The summed E-state index contributed by atoms with van der Waals surface area (Å²) >= 11 is 1.70. The van der Waals surface area contributed by atoms with E-state index in [1.807, 2.05) is 6.92 Å². The van der Waals surface area contributed by atoms with Crippen molar-refractivity contribution in [2.75, 3.05) is 26.2 Å². The van der Waals surface area contributed by atoms with Crippen LogP contribution in [-0.4, -0.2) is 42.0 Å². The first-order chi connectivity index (χ1) is 13.1. The molecular weight excluding hydrogens is 354 g/mol. The van der Waals surface area contributed by atoms with Crippen LogP contribution in [0.4, 0.5) is 0 Å². The number of thiazole rings is 1. The highest BCUT2D eigenvalue weighted by atomic mass is 32.1. The quantitative estimate of drug-likeness (QED) is 0.483. The summed E-state index contributed by atoms with van der Waals surface area (Å²) in [6, 6.07) is 8.75. The first-order valence-corrected chi connectivity index (χ1v) is 10.8. The fourth-order valence-corrected chi connectivity index (χ4v) is 3.52. The van der Waals surface area contributed by atoms with Crippen LogP contribution in [0.1, 0.15) is 42.6 Å². The molecule has 0 aliphatic carbocycles. The van der Waals surface area contributed by atoms with Crippen molar-refractivity contribution in [2.24, 2.45) is 4.99 Å². The Morgan fingerprint density at radius 1 is 1.15 bits per heavy atom. The van der Waals surface area contributed by atoms with E-state index in [2.05, 4.69) is 70.9 Å². The van der Waals surface area contributed by atoms with E-state index < -0.39 is 0 Å². The maximum Gasteiger partial charge on any atom is 0.191 e. The van der Waals surface area contributed by atoms with Crippen molar-refractivity contribution in [3.63, 3.8) is 0 Å². The molecule has 0 amide bonds. The predicted molar refractivity (Wildman–Crippen MR) is 116 cm³/mol. The van der Waals surface area contributed by atoms with Crippen molar-refractivity contribution in [1.82, 2.24) is 20.5 Å². The van der Waals surface area contributed by atoms with Crippen molar-refractivity contribution in [2.45, 2.75) is 47.2 Å². The molecule has 0 aliphatic rings. The van der Waals surface area contributed by atoms with Crippen LogP contribution in [0, 0.1) is 6.92 Å². The van der Waals surface area contributed by atoms with E-state index in [1.54, 1.807) is 11.3 Å². The number of nitrogens with zero attached hydrogens (tertiary/aromatic N) is 3. The van der Waals surface area contributed by atoms with Crippen LogP contribution < -0.4 is 10.6 Å². The maximum absolute atomic E-state index is 4.74. The Morgan fingerprint density at radius 2 is 1.93 bits per heavy atom. The van der Waals surface area contributed by atoms with Gasteiger partial charge in [-0.05, 0) is 38.1 Å². The molecule has 0 aliphatic heterocycles. The van der Waals surface area contributed by atoms with Gasteiger partial charge in [0.2, 0.25) is 0 Å². The van der Waals surface area contributed by atoms with Crippen LogP contribution in [-0.2, 0) is 19.5 Å². The lowest BCUT2D eigenvalue weighted by Crippen LogP contribution is -2.38. The molecule has 6 heteroatoms. The van der Waals surface area contributed by atoms with Crippen molar-refractivity contribution < 1.29 is 0 Å². The molecule has 0 atom stereocenters. The average Bonchev–Trinajstić information content (AvgIpc) is 3.09. The Morgan fingerprint density at radius 3 is 2.59 bits per heavy atom. The number of aliphatic imine (C=N–C) groups is 1. The average molecular weight is 388 g/mol. The summed E-state index contributed by atoms with van der Waals surface area (Å²) in [5.41, 5.74) is 3.74. The number of nitrogens with one attached hydrogen (secondary N) is 2. The zero-order valence-electron chi connectivity index (χ0n) is 17.1. The van der Waals surface area contributed by atoms with Crippen molar-refractivity contribution in [3.05, 3.63) is 51.5 Å². The van der Waals surface area contributed by atoms with E-state index in [4.69, 9.17) is 4.99 Å². The second kappa shape index (κ2) is 11.7. The Kier molecular flexibility index (Phi) is 9.28. The van der Waals surface area contributed by atoms with Crippen LogP contribution in [0.3, 0.4) is 0 Å².